The zero-order valence-electron chi connectivity index (χ0n) is 9.57. The summed E-state index contributed by atoms with van der Waals surface area (Å²) in [5, 5.41) is 0. The molecule has 1 aromatic rings. The lowest BCUT2D eigenvalue weighted by Gasteiger charge is -2.14. The summed E-state index contributed by atoms with van der Waals surface area (Å²) in [7, 11) is -1.45. The van der Waals surface area contributed by atoms with E-state index < -0.39 is 8.32 Å². The van der Waals surface area contributed by atoms with Gasteiger partial charge >= 0.3 is 0 Å². The minimum absolute atomic E-state index is 0.590. The van der Waals surface area contributed by atoms with Gasteiger partial charge in [-0.2, -0.15) is 0 Å². The van der Waals surface area contributed by atoms with Crippen LogP contribution < -0.4 is 0 Å². The average molecular weight is 222 g/mol. The Bertz CT molecular complexity index is 301. The third-order valence-corrected chi connectivity index (χ3v) is 2.51. The van der Waals surface area contributed by atoms with E-state index >= 15 is 0 Å². The van der Waals surface area contributed by atoms with Crippen molar-refractivity contribution in [1.29, 1.82) is 0 Å². The molecule has 15 heavy (non-hydrogen) atoms. The molecule has 0 aromatic heterocycles. The van der Waals surface area contributed by atoms with E-state index in [2.05, 4.69) is 19.6 Å². The molecule has 0 fully saturated rings. The number of hydrogen-bond donors (Lipinski definition) is 0. The summed E-state index contributed by atoms with van der Waals surface area (Å²) in [5.41, 5.74) is 1.16. The van der Waals surface area contributed by atoms with Gasteiger partial charge in [0.1, 0.15) is 19.1 Å². The molecular formula is C12H18O2Si. The smallest absolute Gasteiger partial charge is 0.241 e. The van der Waals surface area contributed by atoms with Crippen LogP contribution in [0.3, 0.4) is 0 Å². The monoisotopic (exact) mass is 222 g/mol. The first-order chi connectivity index (χ1) is 7.08. The Labute approximate surface area is 92.7 Å². The maximum Gasteiger partial charge on any atom is 0.241 e. The molecule has 82 valence electrons. The summed E-state index contributed by atoms with van der Waals surface area (Å²) in [5.74, 6) is 0. The third-order valence-electron chi connectivity index (χ3n) is 1.67. The van der Waals surface area contributed by atoms with Crippen LogP contribution in [0.1, 0.15) is 5.56 Å². The molecule has 0 unspecified atom stereocenters. The van der Waals surface area contributed by atoms with Gasteiger partial charge in [0.05, 0.1) is 0 Å². The number of ether oxygens (including phenoxy) is 1. The van der Waals surface area contributed by atoms with Gasteiger partial charge in [0.2, 0.25) is 8.32 Å². The first-order valence-electron chi connectivity index (χ1n) is 5.06. The molecule has 0 aliphatic rings. The van der Waals surface area contributed by atoms with Crippen LogP contribution in [0.15, 0.2) is 42.9 Å². The Hall–Kier alpha value is -1.22. The van der Waals surface area contributed by atoms with Gasteiger partial charge in [-0.1, -0.05) is 30.3 Å². The molecule has 0 spiro atoms. The molecule has 1 aromatic carbocycles. The van der Waals surface area contributed by atoms with E-state index in [0.717, 1.165) is 5.56 Å². The van der Waals surface area contributed by atoms with Crippen LogP contribution in [0, 0.1) is 0 Å². The first-order valence-corrected chi connectivity index (χ1v) is 8.47. The fourth-order valence-corrected chi connectivity index (χ4v) is 1.45. The maximum absolute atomic E-state index is 5.50. The van der Waals surface area contributed by atoms with Crippen LogP contribution in [0.5, 0.6) is 0 Å². The number of hydrogen-bond acceptors (Lipinski definition) is 2. The third kappa shape index (κ3) is 5.96. The fourth-order valence-electron chi connectivity index (χ4n) is 0.990. The molecule has 2 nitrogen and oxygen atoms in total. The van der Waals surface area contributed by atoms with Gasteiger partial charge in [-0.15, -0.1) is 0 Å². The Balaban J connectivity index is 2.22. The Morgan fingerprint density at radius 2 is 1.73 bits per heavy atom. The van der Waals surface area contributed by atoms with E-state index in [4.69, 9.17) is 9.16 Å². The quantitative estimate of drug-likeness (QED) is 0.560. The maximum atomic E-state index is 5.50. The number of rotatable bonds is 5. The lowest BCUT2D eigenvalue weighted by molar-refractivity contribution is 0.227. The molecule has 0 saturated heterocycles. The van der Waals surface area contributed by atoms with Gasteiger partial charge in [-0.05, 0) is 25.2 Å². The van der Waals surface area contributed by atoms with Crippen molar-refractivity contribution in [2.75, 3.05) is 0 Å². The fraction of sp³-hybridized carbons (Fsp3) is 0.333. The minimum Gasteiger partial charge on any atom is -0.547 e. The van der Waals surface area contributed by atoms with Crippen LogP contribution in [0.2, 0.25) is 19.6 Å². The average Bonchev–Trinajstić information content (AvgIpc) is 2.17. The van der Waals surface area contributed by atoms with Crippen LogP contribution in [-0.4, -0.2) is 8.32 Å². The van der Waals surface area contributed by atoms with Crippen LogP contribution in [0.25, 0.3) is 0 Å². The number of benzene rings is 1. The van der Waals surface area contributed by atoms with Crippen molar-refractivity contribution < 1.29 is 9.16 Å². The molecule has 0 amide bonds. The Morgan fingerprint density at radius 1 is 1.07 bits per heavy atom. The van der Waals surface area contributed by atoms with Crippen LogP contribution in [0.4, 0.5) is 0 Å². The molecular weight excluding hydrogens is 204 g/mol. The van der Waals surface area contributed by atoms with E-state index in [9.17, 15) is 0 Å². The summed E-state index contributed by atoms with van der Waals surface area (Å²) in [6.45, 7) is 6.99. The summed E-state index contributed by atoms with van der Waals surface area (Å²) >= 11 is 0. The second-order valence-electron chi connectivity index (χ2n) is 4.30. The molecule has 1 rings (SSSR count). The largest absolute Gasteiger partial charge is 0.547 e. The van der Waals surface area contributed by atoms with Gasteiger partial charge in [-0.3, -0.25) is 0 Å². The standard InChI is InChI=1S/C12H18O2Si/c1-15(2,3)14-10-9-13-11-12-7-5-4-6-8-12/h4-10H,11H2,1-3H3/b10-9-. The first kappa shape index (κ1) is 11.8. The van der Waals surface area contributed by atoms with Crippen molar-refractivity contribution >= 4 is 8.32 Å². The highest BCUT2D eigenvalue weighted by molar-refractivity contribution is 6.69. The summed E-state index contributed by atoms with van der Waals surface area (Å²) in [6.07, 6.45) is 3.26. The van der Waals surface area contributed by atoms with Crippen molar-refractivity contribution in [2.45, 2.75) is 26.2 Å². The lowest BCUT2D eigenvalue weighted by Crippen LogP contribution is -2.21. The topological polar surface area (TPSA) is 18.5 Å². The van der Waals surface area contributed by atoms with E-state index in [1.54, 1.807) is 12.5 Å². The van der Waals surface area contributed by atoms with Gasteiger partial charge in [0, 0.05) is 0 Å². The molecule has 0 radical (unpaired) electrons. The van der Waals surface area contributed by atoms with Gasteiger partial charge in [0.25, 0.3) is 0 Å². The predicted octanol–water partition coefficient (Wildman–Crippen LogP) is 3.53. The molecule has 0 aliphatic heterocycles. The van der Waals surface area contributed by atoms with Crippen molar-refractivity contribution in [3.8, 4) is 0 Å². The summed E-state index contributed by atoms with van der Waals surface area (Å²) in [6, 6.07) is 10.1. The molecule has 0 bridgehead atoms. The normalized spacial score (nSPS) is 11.7. The van der Waals surface area contributed by atoms with Crippen molar-refractivity contribution in [1.82, 2.24) is 0 Å². The van der Waals surface area contributed by atoms with E-state index in [0.29, 0.717) is 6.61 Å². The van der Waals surface area contributed by atoms with Gasteiger partial charge < -0.3 is 9.16 Å². The van der Waals surface area contributed by atoms with Gasteiger partial charge in [-0.25, -0.2) is 0 Å². The van der Waals surface area contributed by atoms with E-state index in [1.165, 1.54) is 0 Å². The predicted molar refractivity (Wildman–Crippen MR) is 64.8 cm³/mol. The Morgan fingerprint density at radius 3 is 2.33 bits per heavy atom. The lowest BCUT2D eigenvalue weighted by atomic mass is 10.2. The zero-order valence-corrected chi connectivity index (χ0v) is 10.6. The highest BCUT2D eigenvalue weighted by atomic mass is 28.4. The van der Waals surface area contributed by atoms with Crippen molar-refractivity contribution in [2.24, 2.45) is 0 Å². The zero-order chi connectivity index (χ0) is 11.1. The van der Waals surface area contributed by atoms with Crippen molar-refractivity contribution in [3.05, 3.63) is 48.4 Å². The molecule has 0 aliphatic carbocycles. The molecule has 3 heteroatoms. The van der Waals surface area contributed by atoms with Gasteiger partial charge in [0.15, 0.2) is 0 Å². The SMILES string of the molecule is C[Si](C)(C)O/C=C\OCc1ccccc1. The molecule has 0 heterocycles. The van der Waals surface area contributed by atoms with Crippen LogP contribution in [-0.2, 0) is 15.8 Å². The molecule has 0 saturated carbocycles. The Kier molecular flexibility index (Phi) is 4.43. The van der Waals surface area contributed by atoms with Crippen LogP contribution >= 0.6 is 0 Å². The van der Waals surface area contributed by atoms with Crippen molar-refractivity contribution in [3.63, 3.8) is 0 Å². The molecule has 0 N–H and O–H groups in total. The minimum atomic E-state index is -1.45. The highest BCUT2D eigenvalue weighted by Gasteiger charge is 2.12. The second kappa shape index (κ2) is 5.61. The summed E-state index contributed by atoms with van der Waals surface area (Å²) in [4.78, 5) is 0. The molecule has 0 atom stereocenters. The summed E-state index contributed by atoms with van der Waals surface area (Å²) < 4.78 is 10.8. The highest BCUT2D eigenvalue weighted by Crippen LogP contribution is 2.04. The van der Waals surface area contributed by atoms with E-state index in [1.807, 2.05) is 30.3 Å². The second-order valence-corrected chi connectivity index (χ2v) is 8.76. The van der Waals surface area contributed by atoms with E-state index in [-0.39, 0.29) is 0 Å².